The number of nitrogens with zero attached hydrogens (tertiary/aromatic N) is 2. The topological polar surface area (TPSA) is 53.0 Å². The average molecular weight is 475 g/mol. The van der Waals surface area contributed by atoms with Gasteiger partial charge in [0.15, 0.2) is 0 Å². The van der Waals surface area contributed by atoms with Crippen molar-refractivity contribution in [2.75, 3.05) is 37.6 Å². The van der Waals surface area contributed by atoms with Gasteiger partial charge in [0.05, 0.1) is 12.0 Å². The van der Waals surface area contributed by atoms with E-state index < -0.39 is 6.10 Å². The van der Waals surface area contributed by atoms with Crippen LogP contribution in [0.4, 0.5) is 5.69 Å². The molecule has 0 amide bonds. The molecule has 1 aromatic carbocycles. The number of hydrogen-bond acceptors (Lipinski definition) is 5. The summed E-state index contributed by atoms with van der Waals surface area (Å²) in [5.41, 5.74) is 5.08. The Morgan fingerprint density at radius 1 is 1.18 bits per heavy atom. The highest BCUT2D eigenvalue weighted by molar-refractivity contribution is 5.85. The summed E-state index contributed by atoms with van der Waals surface area (Å²) in [6.45, 7) is 13.3. The molecule has 1 N–H and O–H groups in total. The Morgan fingerprint density at radius 3 is 2.64 bits per heavy atom. The van der Waals surface area contributed by atoms with Gasteiger partial charge in [-0.3, -0.25) is 9.69 Å². The van der Waals surface area contributed by atoms with Crippen molar-refractivity contribution in [3.8, 4) is 0 Å². The van der Waals surface area contributed by atoms with E-state index in [1.807, 2.05) is 0 Å². The third-order valence-corrected chi connectivity index (χ3v) is 9.31. The zero-order valence-electron chi connectivity index (χ0n) is 20.4. The first-order valence-electron chi connectivity index (χ1n) is 12.4. The van der Waals surface area contributed by atoms with E-state index >= 15 is 0 Å². The van der Waals surface area contributed by atoms with Gasteiger partial charge >= 0.3 is 5.97 Å². The van der Waals surface area contributed by atoms with E-state index in [0.29, 0.717) is 12.5 Å². The maximum Gasteiger partial charge on any atom is 0.311 e. The molecule has 1 saturated carbocycles. The van der Waals surface area contributed by atoms with Crippen molar-refractivity contribution in [1.29, 1.82) is 0 Å². The lowest BCUT2D eigenvalue weighted by molar-refractivity contribution is -0.145. The lowest BCUT2D eigenvalue weighted by Gasteiger charge is -2.52. The molecule has 2 saturated heterocycles. The summed E-state index contributed by atoms with van der Waals surface area (Å²) in [5.74, 6) is -0.000529. The van der Waals surface area contributed by atoms with Crippen LogP contribution in [-0.2, 0) is 9.53 Å². The molecule has 0 aromatic heterocycles. The number of carbonyl (C=O) groups excluding carboxylic acids is 1. The minimum atomic E-state index is -0.518. The lowest BCUT2D eigenvalue weighted by Crippen LogP contribution is -2.55. The monoisotopic (exact) mass is 474 g/mol. The van der Waals surface area contributed by atoms with Gasteiger partial charge in [-0.25, -0.2) is 0 Å². The number of piperazine rings is 1. The van der Waals surface area contributed by atoms with Crippen LogP contribution in [0.15, 0.2) is 29.8 Å². The molecule has 3 fully saturated rings. The number of halogens is 1. The Hall–Kier alpha value is -1.56. The molecule has 2 heterocycles. The van der Waals surface area contributed by atoms with Gasteiger partial charge in [-0.05, 0) is 49.8 Å². The Bertz CT molecular complexity index is 926. The number of ether oxygens (including phenoxy) is 1. The highest BCUT2D eigenvalue weighted by Gasteiger charge is 2.59. The molecule has 2 aliphatic carbocycles. The second kappa shape index (κ2) is 9.24. The summed E-state index contributed by atoms with van der Waals surface area (Å²) in [4.78, 5) is 17.8. The standard InChI is InChI=1S/C27H38N2O3.ClH/c1-17-7-5-10-22(19(17)3)29-13-11-28(12-14-29)16-21-24-23(32-26(21)31)15-20-9-6-8-18(2)27(20,4)25(24)30;/h5,7,9-10,18,21,23-25,30H,6,8,11-16H2,1-4H3;1H/t18?,21?,23-,24-,25?,27-;/m1./s1. The third-order valence-electron chi connectivity index (χ3n) is 9.31. The molecule has 6 atom stereocenters. The molecule has 0 radical (unpaired) electrons. The number of rotatable bonds is 3. The van der Waals surface area contributed by atoms with Crippen LogP contribution in [0.3, 0.4) is 0 Å². The highest BCUT2D eigenvalue weighted by atomic mass is 35.5. The summed E-state index contributed by atoms with van der Waals surface area (Å²) in [6.07, 6.45) is 4.59. The van der Waals surface area contributed by atoms with Gasteiger partial charge in [0.1, 0.15) is 6.10 Å². The molecule has 1 aromatic rings. The number of benzene rings is 1. The quantitative estimate of drug-likeness (QED) is 0.527. The van der Waals surface area contributed by atoms with Crippen LogP contribution in [-0.4, -0.2) is 60.9 Å². The number of aliphatic hydroxyl groups excluding tert-OH is 1. The van der Waals surface area contributed by atoms with Crippen LogP contribution < -0.4 is 4.90 Å². The Morgan fingerprint density at radius 2 is 1.91 bits per heavy atom. The number of esters is 1. The molecular formula is C27H39ClN2O3. The van der Waals surface area contributed by atoms with Gasteiger partial charge in [-0.15, -0.1) is 12.4 Å². The van der Waals surface area contributed by atoms with E-state index in [9.17, 15) is 9.90 Å². The van der Waals surface area contributed by atoms with Crippen molar-refractivity contribution in [3.63, 3.8) is 0 Å². The Balaban J connectivity index is 0.00000259. The molecule has 4 aliphatic rings. The van der Waals surface area contributed by atoms with E-state index in [0.717, 1.165) is 45.4 Å². The van der Waals surface area contributed by atoms with Crippen LogP contribution in [0, 0.1) is 37.0 Å². The maximum absolute atomic E-state index is 12.9. The zero-order valence-corrected chi connectivity index (χ0v) is 21.2. The van der Waals surface area contributed by atoms with Crippen LogP contribution in [0.25, 0.3) is 0 Å². The van der Waals surface area contributed by atoms with Crippen molar-refractivity contribution in [2.24, 2.45) is 23.2 Å². The lowest BCUT2D eigenvalue weighted by atomic mass is 9.55. The number of aliphatic hydroxyl groups is 1. The first-order valence-corrected chi connectivity index (χ1v) is 12.4. The number of aryl methyl sites for hydroxylation is 1. The van der Waals surface area contributed by atoms with Crippen molar-refractivity contribution in [2.45, 2.75) is 59.2 Å². The summed E-state index contributed by atoms with van der Waals surface area (Å²) in [5, 5.41) is 11.6. The van der Waals surface area contributed by atoms with E-state index in [4.69, 9.17) is 4.74 Å². The second-order valence-corrected chi connectivity index (χ2v) is 10.8. The van der Waals surface area contributed by atoms with Crippen molar-refractivity contribution < 1.29 is 14.6 Å². The van der Waals surface area contributed by atoms with Gasteiger partial charge in [0.25, 0.3) is 0 Å². The maximum atomic E-state index is 12.9. The SMILES string of the molecule is Cc1cccc(N2CCN(CC3C(=O)O[C@@H]4CC5=CCCC(C)[C@@]5(C)C(O)[C@H]34)CC2)c1C.Cl. The largest absolute Gasteiger partial charge is 0.461 e. The van der Waals surface area contributed by atoms with E-state index in [1.165, 1.54) is 22.4 Å². The van der Waals surface area contributed by atoms with Gasteiger partial charge in [0, 0.05) is 56.2 Å². The second-order valence-electron chi connectivity index (χ2n) is 10.8. The molecule has 2 aliphatic heterocycles. The third kappa shape index (κ3) is 4.00. The fraction of sp³-hybridized carbons (Fsp3) is 0.667. The number of anilines is 1. The minimum Gasteiger partial charge on any atom is -0.461 e. The predicted molar refractivity (Wildman–Crippen MR) is 134 cm³/mol. The van der Waals surface area contributed by atoms with Gasteiger partial charge < -0.3 is 14.7 Å². The first-order chi connectivity index (χ1) is 15.3. The van der Waals surface area contributed by atoms with E-state index in [2.05, 4.69) is 61.8 Å². The molecule has 6 heteroatoms. The number of hydrogen-bond donors (Lipinski definition) is 1. The molecule has 5 nitrogen and oxygen atoms in total. The van der Waals surface area contributed by atoms with Crippen molar-refractivity contribution in [3.05, 3.63) is 41.0 Å². The van der Waals surface area contributed by atoms with Gasteiger partial charge in [0.2, 0.25) is 0 Å². The fourth-order valence-corrected chi connectivity index (χ4v) is 6.80. The molecule has 5 rings (SSSR count). The number of fused-ring (bicyclic) bond motifs is 2. The van der Waals surface area contributed by atoms with Crippen LogP contribution in [0.2, 0.25) is 0 Å². The molecule has 0 bridgehead atoms. The molecule has 0 spiro atoms. The first kappa shape index (κ1) is 24.6. The molecule has 3 unspecified atom stereocenters. The average Bonchev–Trinajstić information content (AvgIpc) is 3.08. The summed E-state index contributed by atoms with van der Waals surface area (Å²) in [7, 11) is 0. The fourth-order valence-electron chi connectivity index (χ4n) is 6.80. The van der Waals surface area contributed by atoms with Crippen molar-refractivity contribution >= 4 is 24.1 Å². The van der Waals surface area contributed by atoms with Gasteiger partial charge in [-0.2, -0.15) is 0 Å². The Kier molecular flexibility index (Phi) is 6.88. The minimum absolute atomic E-state index is 0. The Labute approximate surface area is 204 Å². The molecular weight excluding hydrogens is 436 g/mol. The summed E-state index contributed by atoms with van der Waals surface area (Å²) >= 11 is 0. The molecule has 182 valence electrons. The smallest absolute Gasteiger partial charge is 0.311 e. The molecule has 33 heavy (non-hydrogen) atoms. The zero-order chi connectivity index (χ0) is 22.6. The van der Waals surface area contributed by atoms with E-state index in [-0.39, 0.29) is 41.7 Å². The van der Waals surface area contributed by atoms with Gasteiger partial charge in [-0.1, -0.05) is 37.6 Å². The van der Waals surface area contributed by atoms with Crippen molar-refractivity contribution in [1.82, 2.24) is 4.90 Å². The summed E-state index contributed by atoms with van der Waals surface area (Å²) in [6, 6.07) is 6.52. The highest BCUT2D eigenvalue weighted by Crippen LogP contribution is 2.56. The van der Waals surface area contributed by atoms with Crippen LogP contribution in [0.1, 0.15) is 44.2 Å². The van der Waals surface area contributed by atoms with Crippen LogP contribution in [0.5, 0.6) is 0 Å². The summed E-state index contributed by atoms with van der Waals surface area (Å²) < 4.78 is 5.86. The van der Waals surface area contributed by atoms with E-state index in [1.54, 1.807) is 0 Å². The number of allylic oxidation sites excluding steroid dienone is 1. The predicted octanol–water partition coefficient (Wildman–Crippen LogP) is 4.13. The normalized spacial score (nSPS) is 36.4. The number of carbonyl (C=O) groups is 1. The van der Waals surface area contributed by atoms with Crippen LogP contribution >= 0.6 is 12.4 Å².